The molecule has 0 aliphatic heterocycles. The Kier molecular flexibility index (Phi) is 1.66. The van der Waals surface area contributed by atoms with Gasteiger partial charge in [0.05, 0.1) is 0 Å². The Morgan fingerprint density at radius 1 is 1.21 bits per heavy atom. The molecule has 0 amide bonds. The highest BCUT2D eigenvalue weighted by Gasteiger charge is 2.13. The summed E-state index contributed by atoms with van der Waals surface area (Å²) in [7, 11) is 0. The largest absolute Gasteiger partial charge is 0.436 e. The average Bonchev–Trinajstić information content (AvgIpc) is 2.86. The Bertz CT molecular complexity index is 463. The first-order chi connectivity index (χ1) is 6.93. The minimum atomic E-state index is 0.809. The second-order valence-electron chi connectivity index (χ2n) is 3.61. The molecule has 0 unspecified atom stereocenters. The lowest BCUT2D eigenvalue weighted by atomic mass is 10.2. The summed E-state index contributed by atoms with van der Waals surface area (Å²) in [6.07, 6.45) is 5.72. The van der Waals surface area contributed by atoms with Gasteiger partial charge in [-0.3, -0.25) is 0 Å². The van der Waals surface area contributed by atoms with Crippen molar-refractivity contribution in [2.75, 3.05) is 0 Å². The summed E-state index contributed by atoms with van der Waals surface area (Å²) in [4.78, 5) is 4.46. The van der Waals surface area contributed by atoms with Crippen LogP contribution in [0.4, 0.5) is 0 Å². The van der Waals surface area contributed by atoms with Crippen LogP contribution in [0.1, 0.15) is 25.2 Å². The van der Waals surface area contributed by atoms with Crippen molar-refractivity contribution in [1.29, 1.82) is 0 Å². The van der Waals surface area contributed by atoms with Gasteiger partial charge in [-0.2, -0.15) is 0 Å². The predicted molar refractivity (Wildman–Crippen MR) is 55.8 cm³/mol. The molecule has 3 rings (SSSR count). The molecule has 1 aliphatic carbocycles. The fraction of sp³-hybridized carbons (Fsp3) is 0.250. The van der Waals surface area contributed by atoms with Gasteiger partial charge in [0.1, 0.15) is 5.52 Å². The van der Waals surface area contributed by atoms with E-state index in [0.29, 0.717) is 0 Å². The van der Waals surface area contributed by atoms with Crippen LogP contribution < -0.4 is 0 Å². The van der Waals surface area contributed by atoms with Crippen LogP contribution in [0.15, 0.2) is 34.8 Å². The molecule has 0 saturated carbocycles. The number of nitrogens with zero attached hydrogens (tertiary/aromatic N) is 1. The highest BCUT2D eigenvalue weighted by Crippen LogP contribution is 2.29. The maximum Gasteiger partial charge on any atom is 0.222 e. The van der Waals surface area contributed by atoms with Crippen molar-refractivity contribution in [3.05, 3.63) is 36.2 Å². The fourth-order valence-electron chi connectivity index (χ4n) is 1.87. The van der Waals surface area contributed by atoms with Gasteiger partial charge in [-0.25, -0.2) is 4.98 Å². The first kappa shape index (κ1) is 7.80. The van der Waals surface area contributed by atoms with Gasteiger partial charge in [0.15, 0.2) is 5.58 Å². The fourth-order valence-corrected chi connectivity index (χ4v) is 1.87. The van der Waals surface area contributed by atoms with Gasteiger partial charge < -0.3 is 4.42 Å². The van der Waals surface area contributed by atoms with E-state index >= 15 is 0 Å². The van der Waals surface area contributed by atoms with Gasteiger partial charge in [0, 0.05) is 5.57 Å². The molecule has 0 spiro atoms. The lowest BCUT2D eigenvalue weighted by molar-refractivity contribution is 0.581. The first-order valence-corrected chi connectivity index (χ1v) is 4.98. The van der Waals surface area contributed by atoms with Crippen LogP contribution >= 0.6 is 0 Å². The molecule has 0 bridgehead atoms. The maximum atomic E-state index is 5.67. The van der Waals surface area contributed by atoms with Crippen molar-refractivity contribution < 1.29 is 4.42 Å². The zero-order valence-electron chi connectivity index (χ0n) is 7.86. The van der Waals surface area contributed by atoms with Gasteiger partial charge >= 0.3 is 0 Å². The van der Waals surface area contributed by atoms with E-state index in [4.69, 9.17) is 4.42 Å². The van der Waals surface area contributed by atoms with Crippen LogP contribution in [-0.2, 0) is 0 Å². The molecular formula is C12H11NO. The molecule has 0 atom stereocenters. The first-order valence-electron chi connectivity index (χ1n) is 4.98. The standard InChI is InChI=1S/C12H11NO/c1-2-6-9(5-1)12-13-10-7-3-4-8-11(10)14-12/h3-5,7-8H,1-2,6H2. The third-order valence-corrected chi connectivity index (χ3v) is 2.61. The molecule has 0 radical (unpaired) electrons. The summed E-state index contributed by atoms with van der Waals surface area (Å²) in [5.41, 5.74) is 3.10. The van der Waals surface area contributed by atoms with E-state index in [2.05, 4.69) is 11.1 Å². The number of allylic oxidation sites excluding steroid dienone is 2. The Hall–Kier alpha value is -1.57. The summed E-state index contributed by atoms with van der Waals surface area (Å²) >= 11 is 0. The topological polar surface area (TPSA) is 26.0 Å². The Labute approximate surface area is 82.3 Å². The van der Waals surface area contributed by atoms with Gasteiger partial charge in [0.25, 0.3) is 0 Å². The molecule has 1 aliphatic rings. The minimum absolute atomic E-state index is 0.809. The molecule has 0 fully saturated rings. The number of hydrogen-bond donors (Lipinski definition) is 0. The van der Waals surface area contributed by atoms with Crippen LogP contribution in [-0.4, -0.2) is 4.98 Å². The lowest BCUT2D eigenvalue weighted by Gasteiger charge is -1.91. The molecule has 2 heteroatoms. The molecule has 0 saturated heterocycles. The molecule has 1 aromatic heterocycles. The van der Waals surface area contributed by atoms with E-state index in [0.717, 1.165) is 29.8 Å². The van der Waals surface area contributed by atoms with E-state index in [1.54, 1.807) is 0 Å². The monoisotopic (exact) mass is 185 g/mol. The normalized spacial score (nSPS) is 16.1. The molecule has 2 nitrogen and oxygen atoms in total. The van der Waals surface area contributed by atoms with Gasteiger partial charge in [-0.05, 0) is 31.4 Å². The quantitative estimate of drug-likeness (QED) is 0.680. The molecule has 0 N–H and O–H groups in total. The third kappa shape index (κ3) is 1.15. The van der Waals surface area contributed by atoms with Crippen LogP contribution in [0.2, 0.25) is 0 Å². The summed E-state index contributed by atoms with van der Waals surface area (Å²) in [6, 6.07) is 7.90. The van der Waals surface area contributed by atoms with Crippen LogP contribution in [0.3, 0.4) is 0 Å². The van der Waals surface area contributed by atoms with Crippen molar-refractivity contribution in [2.24, 2.45) is 0 Å². The smallest absolute Gasteiger partial charge is 0.222 e. The van der Waals surface area contributed by atoms with Crippen molar-refractivity contribution in [2.45, 2.75) is 19.3 Å². The molecule has 1 aromatic carbocycles. The number of para-hydroxylation sites is 2. The summed E-state index contributed by atoms with van der Waals surface area (Å²) < 4.78 is 5.67. The maximum absolute atomic E-state index is 5.67. The second-order valence-corrected chi connectivity index (χ2v) is 3.61. The van der Waals surface area contributed by atoms with Gasteiger partial charge in [-0.15, -0.1) is 0 Å². The van der Waals surface area contributed by atoms with Crippen molar-refractivity contribution in [3.63, 3.8) is 0 Å². The number of rotatable bonds is 1. The Morgan fingerprint density at radius 2 is 2.14 bits per heavy atom. The van der Waals surface area contributed by atoms with Gasteiger partial charge in [-0.1, -0.05) is 18.2 Å². The Balaban J connectivity index is 2.14. The van der Waals surface area contributed by atoms with Crippen molar-refractivity contribution >= 4 is 16.7 Å². The highest BCUT2D eigenvalue weighted by molar-refractivity contribution is 5.75. The third-order valence-electron chi connectivity index (χ3n) is 2.61. The van der Waals surface area contributed by atoms with E-state index in [-0.39, 0.29) is 0 Å². The molecule has 14 heavy (non-hydrogen) atoms. The number of hydrogen-bond acceptors (Lipinski definition) is 2. The number of fused-ring (bicyclic) bond motifs is 1. The van der Waals surface area contributed by atoms with Crippen molar-refractivity contribution in [3.8, 4) is 0 Å². The van der Waals surface area contributed by atoms with E-state index in [9.17, 15) is 0 Å². The van der Waals surface area contributed by atoms with Gasteiger partial charge in [0.2, 0.25) is 5.89 Å². The van der Waals surface area contributed by atoms with Crippen LogP contribution in [0.5, 0.6) is 0 Å². The zero-order chi connectivity index (χ0) is 9.38. The van der Waals surface area contributed by atoms with Crippen molar-refractivity contribution in [1.82, 2.24) is 4.98 Å². The summed E-state index contributed by atoms with van der Waals surface area (Å²) in [6.45, 7) is 0. The summed E-state index contributed by atoms with van der Waals surface area (Å²) in [5.74, 6) is 0.809. The van der Waals surface area contributed by atoms with E-state index in [1.807, 2.05) is 24.3 Å². The number of oxazole rings is 1. The lowest BCUT2D eigenvalue weighted by Crippen LogP contribution is -1.78. The molecule has 70 valence electrons. The average molecular weight is 185 g/mol. The molecule has 1 heterocycles. The summed E-state index contributed by atoms with van der Waals surface area (Å²) in [5, 5.41) is 0. The predicted octanol–water partition coefficient (Wildman–Crippen LogP) is 3.40. The number of benzene rings is 1. The molecular weight excluding hydrogens is 174 g/mol. The number of aromatic nitrogens is 1. The Morgan fingerprint density at radius 3 is 2.93 bits per heavy atom. The van der Waals surface area contributed by atoms with E-state index < -0.39 is 0 Å². The van der Waals surface area contributed by atoms with E-state index in [1.165, 1.54) is 12.0 Å². The zero-order valence-corrected chi connectivity index (χ0v) is 7.86. The van der Waals surface area contributed by atoms with Crippen LogP contribution in [0, 0.1) is 0 Å². The minimum Gasteiger partial charge on any atom is -0.436 e. The second kappa shape index (κ2) is 2.98. The SMILES string of the molecule is C1=C(c2nc3ccccc3o2)CCC1. The van der Waals surface area contributed by atoms with Crippen LogP contribution in [0.25, 0.3) is 16.7 Å². The highest BCUT2D eigenvalue weighted by atomic mass is 16.3. The molecule has 2 aromatic rings.